The molecule has 0 spiro atoms. The summed E-state index contributed by atoms with van der Waals surface area (Å²) in [5.41, 5.74) is 0.00889. The van der Waals surface area contributed by atoms with Gasteiger partial charge < -0.3 is 14.6 Å². The lowest BCUT2D eigenvalue weighted by Gasteiger charge is -2.25. The van der Waals surface area contributed by atoms with Gasteiger partial charge in [-0.3, -0.25) is 0 Å². The van der Waals surface area contributed by atoms with Gasteiger partial charge in [0.1, 0.15) is 0 Å². The average Bonchev–Trinajstić information content (AvgIpc) is 2.20. The molecule has 0 aromatic heterocycles. The Morgan fingerprint density at radius 3 is 2.25 bits per heavy atom. The number of rotatable bonds is 9. The summed E-state index contributed by atoms with van der Waals surface area (Å²) >= 11 is 0. The Morgan fingerprint density at radius 1 is 1.00 bits per heavy atom. The first-order valence-corrected chi connectivity index (χ1v) is 6.23. The maximum atomic E-state index is 9.81. The van der Waals surface area contributed by atoms with Crippen molar-refractivity contribution in [2.24, 2.45) is 5.41 Å². The van der Waals surface area contributed by atoms with Crippen LogP contribution in [-0.2, 0) is 9.47 Å². The van der Waals surface area contributed by atoms with E-state index in [0.717, 1.165) is 32.3 Å². The van der Waals surface area contributed by atoms with Crippen LogP contribution in [0.4, 0.5) is 0 Å². The minimum atomic E-state index is -0.193. The highest BCUT2D eigenvalue weighted by Gasteiger charge is 2.20. The van der Waals surface area contributed by atoms with Crippen molar-refractivity contribution in [1.82, 2.24) is 0 Å². The van der Waals surface area contributed by atoms with Gasteiger partial charge in [0.25, 0.3) is 0 Å². The molecule has 0 saturated carbocycles. The Morgan fingerprint density at radius 2 is 1.69 bits per heavy atom. The van der Waals surface area contributed by atoms with Crippen molar-refractivity contribution in [3.63, 3.8) is 0 Å². The van der Waals surface area contributed by atoms with Gasteiger partial charge in [-0.2, -0.15) is 0 Å². The van der Waals surface area contributed by atoms with E-state index in [0.29, 0.717) is 13.2 Å². The Hall–Kier alpha value is -0.120. The van der Waals surface area contributed by atoms with Crippen LogP contribution in [0.25, 0.3) is 0 Å². The minimum Gasteiger partial charge on any atom is -0.393 e. The fraction of sp³-hybridized carbons (Fsp3) is 1.00. The first-order chi connectivity index (χ1) is 7.48. The van der Waals surface area contributed by atoms with Gasteiger partial charge in [0.15, 0.2) is 0 Å². The molecule has 16 heavy (non-hydrogen) atoms. The molecular formula is C13H28O3. The third-order valence-electron chi connectivity index (χ3n) is 2.70. The topological polar surface area (TPSA) is 38.7 Å². The molecule has 0 aliphatic heterocycles. The molecule has 0 aromatic rings. The number of aliphatic hydroxyl groups is 1. The molecule has 98 valence electrons. The molecule has 0 aromatic carbocycles. The molecule has 0 radical (unpaired) electrons. The third-order valence-corrected chi connectivity index (χ3v) is 2.70. The predicted molar refractivity (Wildman–Crippen MR) is 66.6 cm³/mol. The van der Waals surface area contributed by atoms with Gasteiger partial charge in [0, 0.05) is 13.7 Å². The molecule has 0 aliphatic rings. The van der Waals surface area contributed by atoms with Gasteiger partial charge >= 0.3 is 0 Å². The van der Waals surface area contributed by atoms with Crippen LogP contribution in [0, 0.1) is 5.41 Å². The van der Waals surface area contributed by atoms with E-state index in [9.17, 15) is 5.11 Å². The molecule has 0 saturated heterocycles. The summed E-state index contributed by atoms with van der Waals surface area (Å²) in [7, 11) is 1.68. The van der Waals surface area contributed by atoms with Gasteiger partial charge in [-0.1, -0.05) is 33.6 Å². The maximum Gasteiger partial charge on any atom is 0.0700 e. The lowest BCUT2D eigenvalue weighted by Crippen LogP contribution is -2.25. The highest BCUT2D eigenvalue weighted by atomic mass is 16.5. The van der Waals surface area contributed by atoms with E-state index >= 15 is 0 Å². The summed E-state index contributed by atoms with van der Waals surface area (Å²) in [6.45, 7) is 8.38. The summed E-state index contributed by atoms with van der Waals surface area (Å²) in [5.74, 6) is 0. The zero-order chi connectivity index (χ0) is 12.4. The first kappa shape index (κ1) is 15.9. The Labute approximate surface area is 100 Å². The summed E-state index contributed by atoms with van der Waals surface area (Å²) in [6.07, 6.45) is 3.97. The van der Waals surface area contributed by atoms with Gasteiger partial charge in [-0.05, 0) is 18.3 Å². The van der Waals surface area contributed by atoms with Gasteiger partial charge in [0.2, 0.25) is 0 Å². The van der Waals surface area contributed by atoms with E-state index in [2.05, 4.69) is 20.8 Å². The second-order valence-corrected chi connectivity index (χ2v) is 5.34. The van der Waals surface area contributed by atoms with Crippen LogP contribution in [0.1, 0.15) is 46.5 Å². The molecule has 1 atom stereocenters. The second-order valence-electron chi connectivity index (χ2n) is 5.34. The van der Waals surface area contributed by atoms with Crippen LogP contribution in [-0.4, -0.2) is 38.1 Å². The van der Waals surface area contributed by atoms with Gasteiger partial charge in [-0.25, -0.2) is 0 Å². The van der Waals surface area contributed by atoms with E-state index in [1.807, 2.05) is 0 Å². The largest absolute Gasteiger partial charge is 0.393 e. The maximum absolute atomic E-state index is 9.81. The van der Waals surface area contributed by atoms with E-state index in [1.165, 1.54) is 0 Å². The highest BCUT2D eigenvalue weighted by Crippen LogP contribution is 2.23. The van der Waals surface area contributed by atoms with Crippen molar-refractivity contribution in [3.05, 3.63) is 0 Å². The van der Waals surface area contributed by atoms with Crippen molar-refractivity contribution in [1.29, 1.82) is 0 Å². The summed E-state index contributed by atoms with van der Waals surface area (Å²) < 4.78 is 10.2. The number of hydrogen-bond acceptors (Lipinski definition) is 3. The lowest BCUT2D eigenvalue weighted by molar-refractivity contribution is 0.0504. The lowest BCUT2D eigenvalue weighted by atomic mass is 9.86. The normalized spacial score (nSPS) is 14.1. The third kappa shape index (κ3) is 9.13. The number of ether oxygens (including phenoxy) is 2. The number of unbranched alkanes of at least 4 members (excludes halogenated alkanes) is 2. The zero-order valence-corrected chi connectivity index (χ0v) is 11.3. The fourth-order valence-electron chi connectivity index (χ4n) is 1.40. The first-order valence-electron chi connectivity index (χ1n) is 6.23. The Kier molecular flexibility index (Phi) is 8.90. The van der Waals surface area contributed by atoms with Gasteiger partial charge in [-0.15, -0.1) is 0 Å². The molecule has 1 N–H and O–H groups in total. The average molecular weight is 232 g/mol. The van der Waals surface area contributed by atoms with Crippen molar-refractivity contribution >= 4 is 0 Å². The van der Waals surface area contributed by atoms with Crippen LogP contribution in [0.5, 0.6) is 0 Å². The van der Waals surface area contributed by atoms with Crippen LogP contribution < -0.4 is 0 Å². The standard InChI is InChI=1S/C13H28O3/c1-13(2,3)12(14)8-6-5-7-9-16-11-10-15-4/h12,14H,5-11H2,1-4H3. The zero-order valence-electron chi connectivity index (χ0n) is 11.3. The Balaban J connectivity index is 3.21. The highest BCUT2D eigenvalue weighted by molar-refractivity contribution is 4.72. The summed E-state index contributed by atoms with van der Waals surface area (Å²) in [6, 6.07) is 0. The molecule has 0 fully saturated rings. The smallest absolute Gasteiger partial charge is 0.0700 e. The minimum absolute atomic E-state index is 0.00889. The summed E-state index contributed by atoms with van der Waals surface area (Å²) in [4.78, 5) is 0. The van der Waals surface area contributed by atoms with Crippen LogP contribution >= 0.6 is 0 Å². The molecule has 1 unspecified atom stereocenters. The molecular weight excluding hydrogens is 204 g/mol. The molecule has 0 aliphatic carbocycles. The Bertz CT molecular complexity index is 152. The molecule has 0 rings (SSSR count). The quantitative estimate of drug-likeness (QED) is 0.621. The van der Waals surface area contributed by atoms with Crippen molar-refractivity contribution in [2.45, 2.75) is 52.6 Å². The summed E-state index contributed by atoms with van der Waals surface area (Å²) in [5, 5.41) is 9.81. The van der Waals surface area contributed by atoms with Crippen molar-refractivity contribution in [3.8, 4) is 0 Å². The SMILES string of the molecule is COCCOCCCCCC(O)C(C)(C)C. The predicted octanol–water partition coefficient (Wildman–Crippen LogP) is 2.62. The molecule has 0 bridgehead atoms. The fourth-order valence-corrected chi connectivity index (χ4v) is 1.40. The van der Waals surface area contributed by atoms with E-state index in [1.54, 1.807) is 7.11 Å². The molecule has 3 nitrogen and oxygen atoms in total. The van der Waals surface area contributed by atoms with E-state index < -0.39 is 0 Å². The second kappa shape index (κ2) is 8.97. The van der Waals surface area contributed by atoms with Crippen molar-refractivity contribution in [2.75, 3.05) is 26.9 Å². The van der Waals surface area contributed by atoms with Crippen LogP contribution in [0.2, 0.25) is 0 Å². The monoisotopic (exact) mass is 232 g/mol. The number of aliphatic hydroxyl groups excluding tert-OH is 1. The molecule has 0 heterocycles. The van der Waals surface area contributed by atoms with Crippen molar-refractivity contribution < 1.29 is 14.6 Å². The number of methoxy groups -OCH3 is 1. The molecule has 0 amide bonds. The van der Waals surface area contributed by atoms with Gasteiger partial charge in [0.05, 0.1) is 19.3 Å². The van der Waals surface area contributed by atoms with E-state index in [-0.39, 0.29) is 11.5 Å². The van der Waals surface area contributed by atoms with E-state index in [4.69, 9.17) is 9.47 Å². The van der Waals surface area contributed by atoms with Crippen LogP contribution in [0.15, 0.2) is 0 Å². The number of hydrogen-bond donors (Lipinski definition) is 1. The van der Waals surface area contributed by atoms with Crippen LogP contribution in [0.3, 0.4) is 0 Å². The molecule has 3 heteroatoms.